The molecule has 0 saturated carbocycles. The number of nitrogens with one attached hydrogen (secondary N) is 1. The fourth-order valence-corrected chi connectivity index (χ4v) is 3.86. The highest BCUT2D eigenvalue weighted by Crippen LogP contribution is 2.27. The fraction of sp³-hybridized carbons (Fsp3) is 0.200. The summed E-state index contributed by atoms with van der Waals surface area (Å²) in [5.74, 6) is -0.0321. The summed E-state index contributed by atoms with van der Waals surface area (Å²) >= 11 is 3.00. The molecule has 1 atom stereocenters. The van der Waals surface area contributed by atoms with E-state index in [2.05, 4.69) is 48.4 Å². The van der Waals surface area contributed by atoms with Gasteiger partial charge >= 0.3 is 0 Å². The van der Waals surface area contributed by atoms with Gasteiger partial charge < -0.3 is 5.32 Å². The standard InChI is InChI=1S/C20H20N2OS2/c1-13-4-8-16(9-5-13)18-12-24-20(21-18)22-19(23)15(3)25-17-10-6-14(2)7-11-17/h4-12,15H,1-3H3,(H,21,22,23). The quantitative estimate of drug-likeness (QED) is 0.601. The van der Waals surface area contributed by atoms with E-state index in [0.29, 0.717) is 5.13 Å². The van der Waals surface area contributed by atoms with Gasteiger partial charge in [-0.25, -0.2) is 4.98 Å². The maximum atomic E-state index is 12.4. The van der Waals surface area contributed by atoms with Crippen LogP contribution < -0.4 is 5.32 Å². The first-order valence-electron chi connectivity index (χ1n) is 8.08. The van der Waals surface area contributed by atoms with Gasteiger partial charge in [0.2, 0.25) is 5.91 Å². The van der Waals surface area contributed by atoms with E-state index in [1.807, 2.05) is 36.6 Å². The summed E-state index contributed by atoms with van der Waals surface area (Å²) in [6.45, 7) is 6.02. The number of anilines is 1. The molecule has 0 spiro atoms. The minimum atomic E-state index is -0.186. The molecule has 1 heterocycles. The van der Waals surface area contributed by atoms with Crippen molar-refractivity contribution >= 4 is 34.1 Å². The van der Waals surface area contributed by atoms with Crippen LogP contribution in [0.25, 0.3) is 11.3 Å². The smallest absolute Gasteiger partial charge is 0.239 e. The minimum absolute atomic E-state index is 0.0321. The van der Waals surface area contributed by atoms with Crippen LogP contribution in [-0.4, -0.2) is 16.1 Å². The number of amides is 1. The largest absolute Gasteiger partial charge is 0.301 e. The Morgan fingerprint density at radius 2 is 1.64 bits per heavy atom. The third-order valence-electron chi connectivity index (χ3n) is 3.78. The Labute approximate surface area is 156 Å². The van der Waals surface area contributed by atoms with Crippen LogP contribution in [0.5, 0.6) is 0 Å². The normalized spacial score (nSPS) is 12.0. The van der Waals surface area contributed by atoms with Gasteiger partial charge in [-0.05, 0) is 32.9 Å². The van der Waals surface area contributed by atoms with Crippen molar-refractivity contribution in [2.24, 2.45) is 0 Å². The highest BCUT2D eigenvalue weighted by molar-refractivity contribution is 8.00. The predicted octanol–water partition coefficient (Wildman–Crippen LogP) is 5.55. The molecule has 3 aromatic rings. The van der Waals surface area contributed by atoms with E-state index >= 15 is 0 Å². The summed E-state index contributed by atoms with van der Waals surface area (Å²) < 4.78 is 0. The van der Waals surface area contributed by atoms with Crippen LogP contribution in [0.1, 0.15) is 18.1 Å². The second-order valence-corrected chi connectivity index (χ2v) is 8.24. The van der Waals surface area contributed by atoms with Crippen LogP contribution in [0.3, 0.4) is 0 Å². The first kappa shape index (κ1) is 17.7. The maximum absolute atomic E-state index is 12.4. The van der Waals surface area contributed by atoms with E-state index in [1.165, 1.54) is 22.5 Å². The molecule has 25 heavy (non-hydrogen) atoms. The summed E-state index contributed by atoms with van der Waals surface area (Å²) in [5, 5.41) is 5.34. The molecule has 128 valence electrons. The van der Waals surface area contributed by atoms with E-state index in [0.717, 1.165) is 16.2 Å². The lowest BCUT2D eigenvalue weighted by Crippen LogP contribution is -2.22. The van der Waals surface area contributed by atoms with Crippen molar-refractivity contribution in [3.8, 4) is 11.3 Å². The molecule has 1 aromatic heterocycles. The molecule has 0 aliphatic heterocycles. The summed E-state index contributed by atoms with van der Waals surface area (Å²) in [6.07, 6.45) is 0. The number of rotatable bonds is 5. The average molecular weight is 369 g/mol. The van der Waals surface area contributed by atoms with Gasteiger partial charge in [0.05, 0.1) is 10.9 Å². The zero-order chi connectivity index (χ0) is 17.8. The summed E-state index contributed by atoms with van der Waals surface area (Å²) in [5.41, 5.74) is 4.38. The molecule has 5 heteroatoms. The van der Waals surface area contributed by atoms with Crippen molar-refractivity contribution in [2.75, 3.05) is 5.32 Å². The Morgan fingerprint density at radius 3 is 2.28 bits per heavy atom. The minimum Gasteiger partial charge on any atom is -0.301 e. The van der Waals surface area contributed by atoms with Gasteiger partial charge in [-0.2, -0.15) is 0 Å². The lowest BCUT2D eigenvalue weighted by molar-refractivity contribution is -0.115. The van der Waals surface area contributed by atoms with Crippen molar-refractivity contribution in [1.29, 1.82) is 0 Å². The van der Waals surface area contributed by atoms with Crippen LogP contribution in [0, 0.1) is 13.8 Å². The third-order valence-corrected chi connectivity index (χ3v) is 5.65. The second-order valence-electron chi connectivity index (χ2n) is 5.97. The van der Waals surface area contributed by atoms with E-state index in [1.54, 1.807) is 11.8 Å². The molecule has 1 N–H and O–H groups in total. The first-order valence-corrected chi connectivity index (χ1v) is 9.84. The number of hydrogen-bond donors (Lipinski definition) is 1. The molecule has 1 amide bonds. The average Bonchev–Trinajstić information content (AvgIpc) is 3.06. The van der Waals surface area contributed by atoms with Crippen LogP contribution in [0.4, 0.5) is 5.13 Å². The number of thioether (sulfide) groups is 1. The summed E-state index contributed by atoms with van der Waals surface area (Å²) in [6, 6.07) is 16.4. The van der Waals surface area contributed by atoms with Gasteiger partial charge in [-0.1, -0.05) is 47.5 Å². The van der Waals surface area contributed by atoms with Gasteiger partial charge in [0.1, 0.15) is 0 Å². The molecule has 0 fully saturated rings. The number of benzene rings is 2. The van der Waals surface area contributed by atoms with Gasteiger partial charge in [-0.15, -0.1) is 23.1 Å². The number of aromatic nitrogens is 1. The number of nitrogens with zero attached hydrogens (tertiary/aromatic N) is 1. The Kier molecular flexibility index (Phi) is 5.56. The Hall–Kier alpha value is -2.11. The SMILES string of the molecule is Cc1ccc(SC(C)C(=O)Nc2nc(-c3ccc(C)cc3)cs2)cc1. The first-order chi connectivity index (χ1) is 12.0. The molecule has 3 nitrogen and oxygen atoms in total. The van der Waals surface area contributed by atoms with Crippen LogP contribution in [0.2, 0.25) is 0 Å². The van der Waals surface area contributed by atoms with Gasteiger partial charge in [0.15, 0.2) is 5.13 Å². The fourth-order valence-electron chi connectivity index (χ4n) is 2.27. The Bertz CT molecular complexity index is 854. The van der Waals surface area contributed by atoms with E-state index in [9.17, 15) is 4.79 Å². The highest BCUT2D eigenvalue weighted by Gasteiger charge is 2.16. The van der Waals surface area contributed by atoms with Crippen molar-refractivity contribution in [2.45, 2.75) is 30.9 Å². The molecule has 0 radical (unpaired) electrons. The van der Waals surface area contributed by atoms with Gasteiger partial charge in [0.25, 0.3) is 0 Å². The molecule has 0 aliphatic rings. The summed E-state index contributed by atoms with van der Waals surface area (Å²) in [7, 11) is 0. The van der Waals surface area contributed by atoms with Crippen LogP contribution in [0.15, 0.2) is 58.8 Å². The van der Waals surface area contributed by atoms with Crippen LogP contribution >= 0.6 is 23.1 Å². The van der Waals surface area contributed by atoms with E-state index in [4.69, 9.17) is 0 Å². The van der Waals surface area contributed by atoms with Crippen molar-refractivity contribution in [3.63, 3.8) is 0 Å². The van der Waals surface area contributed by atoms with E-state index < -0.39 is 0 Å². The second kappa shape index (κ2) is 7.85. The summed E-state index contributed by atoms with van der Waals surface area (Å²) in [4.78, 5) is 18.0. The number of thiazole rings is 1. The van der Waals surface area contributed by atoms with Crippen molar-refractivity contribution in [1.82, 2.24) is 4.98 Å². The molecular weight excluding hydrogens is 348 g/mol. The lowest BCUT2D eigenvalue weighted by Gasteiger charge is -2.10. The molecule has 2 aromatic carbocycles. The van der Waals surface area contributed by atoms with Crippen molar-refractivity contribution in [3.05, 3.63) is 65.0 Å². The van der Waals surface area contributed by atoms with E-state index in [-0.39, 0.29) is 11.2 Å². The zero-order valence-electron chi connectivity index (χ0n) is 14.4. The van der Waals surface area contributed by atoms with Crippen LogP contribution in [-0.2, 0) is 4.79 Å². The molecule has 0 saturated heterocycles. The Balaban J connectivity index is 1.62. The third kappa shape index (κ3) is 4.71. The monoisotopic (exact) mass is 368 g/mol. The van der Waals surface area contributed by atoms with Gasteiger partial charge in [-0.3, -0.25) is 4.79 Å². The maximum Gasteiger partial charge on any atom is 0.239 e. The Morgan fingerprint density at radius 1 is 1.04 bits per heavy atom. The number of aryl methyl sites for hydroxylation is 2. The highest BCUT2D eigenvalue weighted by atomic mass is 32.2. The molecule has 1 unspecified atom stereocenters. The molecule has 3 rings (SSSR count). The number of carbonyl (C=O) groups excluding carboxylic acids is 1. The van der Waals surface area contributed by atoms with Gasteiger partial charge in [0, 0.05) is 15.8 Å². The lowest BCUT2D eigenvalue weighted by atomic mass is 10.1. The predicted molar refractivity (Wildman–Crippen MR) is 107 cm³/mol. The molecular formula is C20H20N2OS2. The number of hydrogen-bond acceptors (Lipinski definition) is 4. The zero-order valence-corrected chi connectivity index (χ0v) is 16.1. The topological polar surface area (TPSA) is 42.0 Å². The molecule has 0 bridgehead atoms. The molecule has 0 aliphatic carbocycles. The number of carbonyl (C=O) groups is 1. The van der Waals surface area contributed by atoms with Crippen molar-refractivity contribution < 1.29 is 4.79 Å².